The molecule has 0 spiro atoms. The van der Waals surface area contributed by atoms with Crippen molar-refractivity contribution < 1.29 is 9.59 Å². The lowest BCUT2D eigenvalue weighted by atomic mass is 10.1. The Hall–Kier alpha value is -1.11. The van der Waals surface area contributed by atoms with Gasteiger partial charge in [0.2, 0.25) is 11.8 Å². The first kappa shape index (κ1) is 18.2. The van der Waals surface area contributed by atoms with E-state index in [-0.39, 0.29) is 11.8 Å². The first-order valence-electron chi connectivity index (χ1n) is 7.54. The van der Waals surface area contributed by atoms with Crippen LogP contribution >= 0.6 is 35.6 Å². The average Bonchev–Trinajstić information content (AvgIpc) is 2.84. The molecule has 0 atom stereocenters. The molecular weight excluding hydrogens is 352 g/mol. The molecule has 7 heteroatoms. The van der Waals surface area contributed by atoms with E-state index in [1.54, 1.807) is 4.90 Å². The summed E-state index contributed by atoms with van der Waals surface area (Å²) < 4.78 is 0.675. The highest BCUT2D eigenvalue weighted by Crippen LogP contribution is 2.19. The Morgan fingerprint density at radius 2 is 2.17 bits per heavy atom. The number of carbonyl (C=O) groups is 2. The lowest BCUT2D eigenvalue weighted by Crippen LogP contribution is -2.29. The first-order chi connectivity index (χ1) is 11.1. The molecule has 23 heavy (non-hydrogen) atoms. The monoisotopic (exact) mass is 370 g/mol. The summed E-state index contributed by atoms with van der Waals surface area (Å²) in [6, 6.07) is 7.45. The van der Waals surface area contributed by atoms with Crippen LogP contribution in [0.3, 0.4) is 0 Å². The molecule has 0 saturated carbocycles. The molecule has 0 aliphatic carbocycles. The second kappa shape index (κ2) is 9.25. The molecule has 0 bridgehead atoms. The number of amides is 2. The minimum Gasteiger partial charge on any atom is -0.352 e. The van der Waals surface area contributed by atoms with E-state index in [1.165, 1.54) is 11.8 Å². The Morgan fingerprint density at radius 3 is 2.87 bits per heavy atom. The van der Waals surface area contributed by atoms with E-state index in [9.17, 15) is 9.59 Å². The molecule has 4 nitrogen and oxygen atoms in total. The van der Waals surface area contributed by atoms with Gasteiger partial charge in [-0.25, -0.2) is 0 Å². The molecule has 1 fully saturated rings. The number of thioether (sulfide) groups is 1. The fraction of sp³-hybridized carbons (Fsp3) is 0.438. The van der Waals surface area contributed by atoms with E-state index < -0.39 is 0 Å². The summed E-state index contributed by atoms with van der Waals surface area (Å²) in [6.45, 7) is 1.15. The third-order valence-electron chi connectivity index (χ3n) is 3.50. The number of benzene rings is 1. The van der Waals surface area contributed by atoms with Gasteiger partial charge in [0.1, 0.15) is 4.32 Å². The molecule has 1 saturated heterocycles. The van der Waals surface area contributed by atoms with Gasteiger partial charge in [-0.05, 0) is 30.5 Å². The number of nitrogens with zero attached hydrogens (tertiary/aromatic N) is 1. The Kier molecular flexibility index (Phi) is 7.33. The first-order valence-corrected chi connectivity index (χ1v) is 9.31. The van der Waals surface area contributed by atoms with Gasteiger partial charge >= 0.3 is 0 Å². The van der Waals surface area contributed by atoms with Crippen molar-refractivity contribution in [1.82, 2.24) is 10.2 Å². The van der Waals surface area contributed by atoms with Crippen LogP contribution in [0.2, 0.25) is 5.02 Å². The van der Waals surface area contributed by atoms with Crippen LogP contribution in [0.4, 0.5) is 0 Å². The molecule has 2 rings (SSSR count). The fourth-order valence-electron chi connectivity index (χ4n) is 2.27. The molecule has 0 aromatic heterocycles. The molecule has 1 aliphatic heterocycles. The van der Waals surface area contributed by atoms with Crippen LogP contribution in [-0.2, 0) is 16.1 Å². The maximum Gasteiger partial charge on any atom is 0.238 e. The number of thiocarbonyl (C=S) groups is 1. The number of hydrogen-bond acceptors (Lipinski definition) is 4. The molecule has 124 valence electrons. The highest BCUT2D eigenvalue weighted by molar-refractivity contribution is 8.23. The van der Waals surface area contributed by atoms with Crippen molar-refractivity contribution in [3.63, 3.8) is 0 Å². The third kappa shape index (κ3) is 6.12. The van der Waals surface area contributed by atoms with Crippen molar-refractivity contribution in [2.45, 2.75) is 32.2 Å². The number of carbonyl (C=O) groups excluding carboxylic acids is 2. The van der Waals surface area contributed by atoms with Crippen molar-refractivity contribution in [1.29, 1.82) is 0 Å². The van der Waals surface area contributed by atoms with E-state index in [1.807, 2.05) is 24.3 Å². The zero-order valence-electron chi connectivity index (χ0n) is 12.7. The van der Waals surface area contributed by atoms with E-state index in [0.29, 0.717) is 34.6 Å². The highest BCUT2D eigenvalue weighted by atomic mass is 35.5. The highest BCUT2D eigenvalue weighted by Gasteiger charge is 2.25. The zero-order valence-corrected chi connectivity index (χ0v) is 15.1. The van der Waals surface area contributed by atoms with Crippen molar-refractivity contribution in [2.24, 2.45) is 0 Å². The zero-order chi connectivity index (χ0) is 16.7. The number of halogens is 1. The maximum absolute atomic E-state index is 11.8. The van der Waals surface area contributed by atoms with Gasteiger partial charge in [0, 0.05) is 24.5 Å². The maximum atomic E-state index is 11.8. The molecule has 0 unspecified atom stereocenters. The fourth-order valence-corrected chi connectivity index (χ4v) is 3.60. The number of unbranched alkanes of at least 4 members (excludes halogenated alkanes) is 2. The van der Waals surface area contributed by atoms with Gasteiger partial charge in [-0.15, -0.1) is 0 Å². The predicted molar refractivity (Wildman–Crippen MR) is 98.5 cm³/mol. The molecule has 1 aromatic carbocycles. The Morgan fingerprint density at radius 1 is 1.35 bits per heavy atom. The summed E-state index contributed by atoms with van der Waals surface area (Å²) in [6.07, 6.45) is 3.08. The summed E-state index contributed by atoms with van der Waals surface area (Å²) in [5.41, 5.74) is 0.990. The average molecular weight is 371 g/mol. The van der Waals surface area contributed by atoms with Crippen molar-refractivity contribution in [3.05, 3.63) is 34.9 Å². The van der Waals surface area contributed by atoms with Gasteiger partial charge in [-0.2, -0.15) is 0 Å². The predicted octanol–water partition coefficient (Wildman–Crippen LogP) is 3.38. The lowest BCUT2D eigenvalue weighted by molar-refractivity contribution is -0.124. The molecule has 2 amide bonds. The van der Waals surface area contributed by atoms with Crippen LogP contribution in [0.25, 0.3) is 0 Å². The van der Waals surface area contributed by atoms with Gasteiger partial charge < -0.3 is 5.32 Å². The largest absolute Gasteiger partial charge is 0.352 e. The van der Waals surface area contributed by atoms with Crippen LogP contribution < -0.4 is 5.32 Å². The molecule has 1 aromatic rings. The van der Waals surface area contributed by atoms with Gasteiger partial charge in [0.05, 0.1) is 5.75 Å². The summed E-state index contributed by atoms with van der Waals surface area (Å²) in [5, 5.41) is 3.56. The summed E-state index contributed by atoms with van der Waals surface area (Å²) in [5.74, 6) is 0.595. The van der Waals surface area contributed by atoms with Crippen molar-refractivity contribution in [3.8, 4) is 0 Å². The molecule has 0 radical (unpaired) electrons. The molecule has 1 aliphatic rings. The van der Waals surface area contributed by atoms with Crippen LogP contribution in [0.1, 0.15) is 31.2 Å². The minimum absolute atomic E-state index is 0.0355. The van der Waals surface area contributed by atoms with E-state index in [0.717, 1.165) is 24.8 Å². The number of hydrogen-bond donors (Lipinski definition) is 1. The van der Waals surface area contributed by atoms with Crippen LogP contribution in [0, 0.1) is 0 Å². The molecular formula is C16H19ClN2O2S2. The van der Waals surface area contributed by atoms with E-state index in [4.69, 9.17) is 23.8 Å². The summed E-state index contributed by atoms with van der Waals surface area (Å²) in [7, 11) is 0. The molecule has 1 N–H and O–H groups in total. The smallest absolute Gasteiger partial charge is 0.238 e. The van der Waals surface area contributed by atoms with Gasteiger partial charge in [0.25, 0.3) is 0 Å². The molecule has 1 heterocycles. The normalized spacial score (nSPS) is 14.4. The van der Waals surface area contributed by atoms with Crippen molar-refractivity contribution >= 4 is 51.7 Å². The lowest BCUT2D eigenvalue weighted by Gasteiger charge is -2.14. The Balaban J connectivity index is 1.56. The van der Waals surface area contributed by atoms with Gasteiger partial charge in [0.15, 0.2) is 0 Å². The van der Waals surface area contributed by atoms with E-state index in [2.05, 4.69) is 5.32 Å². The van der Waals surface area contributed by atoms with Crippen LogP contribution in [0.15, 0.2) is 24.3 Å². The SMILES string of the molecule is O=C(CCCCCN1C(=O)CSC1=S)NCc1cccc(Cl)c1. The minimum atomic E-state index is 0.0355. The topological polar surface area (TPSA) is 49.4 Å². The third-order valence-corrected chi connectivity index (χ3v) is 5.17. The van der Waals surface area contributed by atoms with Crippen LogP contribution in [0.5, 0.6) is 0 Å². The van der Waals surface area contributed by atoms with Gasteiger partial charge in [-0.1, -0.05) is 54.1 Å². The second-order valence-corrected chi connectivity index (χ2v) is 7.36. The second-order valence-electron chi connectivity index (χ2n) is 5.32. The number of rotatable bonds is 8. The van der Waals surface area contributed by atoms with Crippen molar-refractivity contribution in [2.75, 3.05) is 12.3 Å². The quantitative estimate of drug-likeness (QED) is 0.563. The number of nitrogens with one attached hydrogen (secondary N) is 1. The van der Waals surface area contributed by atoms with E-state index >= 15 is 0 Å². The Bertz CT molecular complexity index is 579. The van der Waals surface area contributed by atoms with Gasteiger partial charge in [-0.3, -0.25) is 14.5 Å². The Labute approximate surface area is 150 Å². The summed E-state index contributed by atoms with van der Waals surface area (Å²) >= 11 is 12.4. The standard InChI is InChI=1S/C16H19ClN2O2S2/c17-13-6-4-5-12(9-13)10-18-14(20)7-2-1-3-8-19-15(21)11-23-16(19)22/h4-6,9H,1-3,7-8,10-11H2,(H,18,20). The van der Waals surface area contributed by atoms with Crippen LogP contribution in [-0.4, -0.2) is 33.3 Å². The summed E-state index contributed by atoms with van der Waals surface area (Å²) in [4.78, 5) is 25.0.